The first kappa shape index (κ1) is 25.0. The van der Waals surface area contributed by atoms with E-state index in [0.717, 1.165) is 17.7 Å². The Balaban J connectivity index is 1.64. The molecule has 0 unspecified atom stereocenters. The fraction of sp³-hybridized carbons (Fsp3) is 0. The molecule has 36 heavy (non-hydrogen) atoms. The molecule has 10 heteroatoms. The largest absolute Gasteiger partial charge is 0.423 e. The van der Waals surface area contributed by atoms with Gasteiger partial charge in [-0.1, -0.05) is 51.8 Å². The number of barbiturate groups is 1. The molecule has 0 spiro atoms. The van der Waals surface area contributed by atoms with E-state index < -0.39 is 35.2 Å². The molecule has 0 saturated carbocycles. The van der Waals surface area contributed by atoms with E-state index in [1.807, 2.05) is 5.32 Å². The number of hydrogen-bond donors (Lipinski definition) is 1. The number of rotatable bonds is 5. The Morgan fingerprint density at radius 3 is 2.47 bits per heavy atom. The summed E-state index contributed by atoms with van der Waals surface area (Å²) in [5.41, 5.74) is 0.146. The van der Waals surface area contributed by atoms with Gasteiger partial charge in [-0.05, 0) is 60.2 Å². The summed E-state index contributed by atoms with van der Waals surface area (Å²) in [6.07, 6.45) is 3.90. The Morgan fingerprint density at radius 1 is 1.03 bits per heavy atom. The van der Waals surface area contributed by atoms with E-state index in [-0.39, 0.29) is 17.0 Å². The van der Waals surface area contributed by atoms with Crippen molar-refractivity contribution in [3.05, 3.63) is 105 Å². The van der Waals surface area contributed by atoms with Crippen molar-refractivity contribution in [2.45, 2.75) is 0 Å². The highest BCUT2D eigenvalue weighted by Gasteiger charge is 2.38. The van der Waals surface area contributed by atoms with Crippen LogP contribution in [0.5, 0.6) is 5.75 Å². The SMILES string of the molecule is O=C(/C=C/c1ccc(Cl)cc1)Oc1ccc(Br)cc1/C=C1/C(=O)NC(=O)N(c2ccccc2F)C1=O. The van der Waals surface area contributed by atoms with Gasteiger partial charge in [-0.15, -0.1) is 0 Å². The number of hydrogen-bond acceptors (Lipinski definition) is 5. The molecule has 0 bridgehead atoms. The van der Waals surface area contributed by atoms with E-state index in [1.54, 1.807) is 30.3 Å². The predicted molar refractivity (Wildman–Crippen MR) is 136 cm³/mol. The number of amides is 4. The van der Waals surface area contributed by atoms with Crippen LogP contribution in [0.25, 0.3) is 12.2 Å². The van der Waals surface area contributed by atoms with E-state index in [9.17, 15) is 23.6 Å². The van der Waals surface area contributed by atoms with Crippen molar-refractivity contribution in [1.29, 1.82) is 0 Å². The number of urea groups is 1. The summed E-state index contributed by atoms with van der Waals surface area (Å²) >= 11 is 9.15. The molecule has 0 atom stereocenters. The van der Waals surface area contributed by atoms with Crippen LogP contribution in [-0.2, 0) is 14.4 Å². The minimum atomic E-state index is -1.08. The molecule has 1 N–H and O–H groups in total. The number of benzene rings is 3. The van der Waals surface area contributed by atoms with E-state index in [1.165, 1.54) is 42.5 Å². The summed E-state index contributed by atoms with van der Waals surface area (Å²) in [6.45, 7) is 0. The third kappa shape index (κ3) is 5.59. The topological polar surface area (TPSA) is 92.8 Å². The molecule has 0 radical (unpaired) electrons. The Hall–Kier alpha value is -4.08. The maximum absolute atomic E-state index is 14.3. The van der Waals surface area contributed by atoms with Crippen LogP contribution in [0, 0.1) is 5.82 Å². The van der Waals surface area contributed by atoms with Crippen molar-refractivity contribution >= 4 is 69.2 Å². The average Bonchev–Trinajstić information content (AvgIpc) is 2.84. The Morgan fingerprint density at radius 2 is 1.75 bits per heavy atom. The fourth-order valence-electron chi connectivity index (χ4n) is 3.27. The second-order valence-electron chi connectivity index (χ2n) is 7.40. The molecular formula is C26H15BrClFN2O5. The molecule has 0 aliphatic carbocycles. The van der Waals surface area contributed by atoms with E-state index in [4.69, 9.17) is 16.3 Å². The third-order valence-electron chi connectivity index (χ3n) is 4.96. The summed E-state index contributed by atoms with van der Waals surface area (Å²) in [7, 11) is 0. The molecular weight excluding hydrogens is 555 g/mol. The first-order chi connectivity index (χ1) is 17.2. The second-order valence-corrected chi connectivity index (χ2v) is 8.75. The van der Waals surface area contributed by atoms with Crippen LogP contribution in [0.1, 0.15) is 11.1 Å². The van der Waals surface area contributed by atoms with Gasteiger partial charge < -0.3 is 4.74 Å². The Bertz CT molecular complexity index is 1450. The third-order valence-corrected chi connectivity index (χ3v) is 5.70. The number of para-hydroxylation sites is 1. The van der Waals surface area contributed by atoms with Crippen molar-refractivity contribution in [2.75, 3.05) is 4.90 Å². The molecule has 4 rings (SSSR count). The van der Waals surface area contributed by atoms with Crippen molar-refractivity contribution in [2.24, 2.45) is 0 Å². The van der Waals surface area contributed by atoms with Crippen molar-refractivity contribution in [1.82, 2.24) is 5.32 Å². The second kappa shape index (κ2) is 10.7. The lowest BCUT2D eigenvalue weighted by molar-refractivity contribution is -0.129. The molecule has 3 aromatic rings. The van der Waals surface area contributed by atoms with Crippen LogP contribution < -0.4 is 15.0 Å². The zero-order valence-corrected chi connectivity index (χ0v) is 20.5. The minimum Gasteiger partial charge on any atom is -0.423 e. The van der Waals surface area contributed by atoms with Gasteiger partial charge in [0.15, 0.2) is 0 Å². The van der Waals surface area contributed by atoms with Crippen molar-refractivity contribution < 1.29 is 28.3 Å². The van der Waals surface area contributed by atoms with E-state index in [0.29, 0.717) is 14.4 Å². The van der Waals surface area contributed by atoms with Crippen LogP contribution in [0.15, 0.2) is 82.9 Å². The zero-order chi connectivity index (χ0) is 25.8. The molecule has 4 amide bonds. The van der Waals surface area contributed by atoms with Gasteiger partial charge >= 0.3 is 12.0 Å². The molecule has 1 saturated heterocycles. The molecule has 1 heterocycles. The zero-order valence-electron chi connectivity index (χ0n) is 18.2. The molecule has 1 fully saturated rings. The van der Waals surface area contributed by atoms with Crippen molar-refractivity contribution in [3.63, 3.8) is 0 Å². The number of nitrogens with zero attached hydrogens (tertiary/aromatic N) is 1. The molecule has 180 valence electrons. The van der Waals surface area contributed by atoms with Crippen LogP contribution in [0.3, 0.4) is 0 Å². The summed E-state index contributed by atoms with van der Waals surface area (Å²) in [4.78, 5) is 50.9. The van der Waals surface area contributed by atoms with Gasteiger partial charge in [0, 0.05) is 21.1 Å². The van der Waals surface area contributed by atoms with Gasteiger partial charge in [-0.3, -0.25) is 14.9 Å². The number of imide groups is 2. The van der Waals surface area contributed by atoms with Crippen LogP contribution >= 0.6 is 27.5 Å². The highest BCUT2D eigenvalue weighted by Crippen LogP contribution is 2.29. The molecule has 1 aliphatic heterocycles. The number of anilines is 1. The first-order valence-electron chi connectivity index (χ1n) is 10.3. The Kier molecular flexibility index (Phi) is 7.42. The predicted octanol–water partition coefficient (Wildman–Crippen LogP) is 5.53. The van der Waals surface area contributed by atoms with Gasteiger partial charge in [0.2, 0.25) is 0 Å². The lowest BCUT2D eigenvalue weighted by Gasteiger charge is -2.26. The van der Waals surface area contributed by atoms with Crippen LogP contribution in [-0.4, -0.2) is 23.8 Å². The fourth-order valence-corrected chi connectivity index (χ4v) is 3.78. The molecule has 7 nitrogen and oxygen atoms in total. The van der Waals surface area contributed by atoms with Crippen molar-refractivity contribution in [3.8, 4) is 5.75 Å². The maximum Gasteiger partial charge on any atom is 0.336 e. The van der Waals surface area contributed by atoms with Gasteiger partial charge in [0.1, 0.15) is 17.1 Å². The molecule has 1 aliphatic rings. The lowest BCUT2D eigenvalue weighted by Crippen LogP contribution is -2.54. The average molecular weight is 570 g/mol. The highest BCUT2D eigenvalue weighted by molar-refractivity contribution is 9.10. The minimum absolute atomic E-state index is 0.0476. The highest BCUT2D eigenvalue weighted by atomic mass is 79.9. The molecule has 3 aromatic carbocycles. The normalized spacial score (nSPS) is 14.9. The first-order valence-corrected chi connectivity index (χ1v) is 11.5. The summed E-state index contributed by atoms with van der Waals surface area (Å²) in [5, 5.41) is 2.58. The van der Waals surface area contributed by atoms with Gasteiger partial charge in [0.05, 0.1) is 5.69 Å². The number of carbonyl (C=O) groups is 4. The van der Waals surface area contributed by atoms with Crippen LogP contribution in [0.4, 0.5) is 14.9 Å². The standard InChI is InChI=1S/C26H15BrClFN2O5/c27-17-8-11-22(36-23(32)12-7-15-5-9-18(28)10-6-15)16(13-17)14-19-24(33)30-26(35)31(25(19)34)21-4-2-1-3-20(21)29/h1-14H,(H,30,33,35)/b12-7+,19-14-. The molecule has 0 aromatic heterocycles. The van der Waals surface area contributed by atoms with Gasteiger partial charge in [-0.25, -0.2) is 18.9 Å². The number of halogens is 3. The van der Waals surface area contributed by atoms with E-state index >= 15 is 0 Å². The smallest absolute Gasteiger partial charge is 0.336 e. The quantitative estimate of drug-likeness (QED) is 0.189. The monoisotopic (exact) mass is 568 g/mol. The number of ether oxygens (including phenoxy) is 1. The lowest BCUT2D eigenvalue weighted by atomic mass is 10.1. The maximum atomic E-state index is 14.3. The van der Waals surface area contributed by atoms with Gasteiger partial charge in [0.25, 0.3) is 11.8 Å². The number of carbonyl (C=O) groups excluding carboxylic acids is 4. The van der Waals surface area contributed by atoms with Gasteiger partial charge in [-0.2, -0.15) is 0 Å². The number of nitrogens with one attached hydrogen (secondary N) is 1. The summed E-state index contributed by atoms with van der Waals surface area (Å²) in [6, 6.07) is 15.5. The summed E-state index contributed by atoms with van der Waals surface area (Å²) < 4.78 is 20.3. The number of esters is 1. The van der Waals surface area contributed by atoms with E-state index in [2.05, 4.69) is 15.9 Å². The van der Waals surface area contributed by atoms with Crippen LogP contribution in [0.2, 0.25) is 5.02 Å². The Labute approximate surface area is 217 Å². The summed E-state index contributed by atoms with van der Waals surface area (Å²) in [5.74, 6) is -3.49.